The molecule has 2 heterocycles. The lowest BCUT2D eigenvalue weighted by molar-refractivity contribution is -0.118. The highest BCUT2D eigenvalue weighted by Crippen LogP contribution is 2.32. The molecule has 122 valence electrons. The van der Waals surface area contributed by atoms with E-state index in [4.69, 9.17) is 0 Å². The SMILES string of the molecule is Cc1cccc(-n2nc3c(c2NC(=O)C(C)C)C[S@](=O)C3)c1C. The monoisotopic (exact) mass is 331 g/mol. The van der Waals surface area contributed by atoms with E-state index in [1.165, 1.54) is 5.56 Å². The molecule has 2 aromatic rings. The Balaban J connectivity index is 2.14. The number of benzene rings is 1. The van der Waals surface area contributed by atoms with Crippen molar-refractivity contribution >= 4 is 22.5 Å². The number of carbonyl (C=O) groups is 1. The number of hydrogen-bond donors (Lipinski definition) is 1. The third-order valence-corrected chi connectivity index (χ3v) is 5.45. The number of rotatable bonds is 3. The Morgan fingerprint density at radius 3 is 2.74 bits per heavy atom. The van der Waals surface area contributed by atoms with E-state index in [2.05, 4.69) is 23.4 Å². The lowest BCUT2D eigenvalue weighted by Crippen LogP contribution is -2.21. The maximum absolute atomic E-state index is 12.2. The Morgan fingerprint density at radius 2 is 2.04 bits per heavy atom. The van der Waals surface area contributed by atoms with Crippen LogP contribution in [-0.2, 0) is 27.1 Å². The lowest BCUT2D eigenvalue weighted by Gasteiger charge is -2.15. The predicted molar refractivity (Wildman–Crippen MR) is 92.1 cm³/mol. The van der Waals surface area contributed by atoms with Crippen LogP contribution in [0.2, 0.25) is 0 Å². The Labute approximate surface area is 138 Å². The fraction of sp³-hybridized carbons (Fsp3) is 0.412. The largest absolute Gasteiger partial charge is 0.310 e. The first-order valence-electron chi connectivity index (χ1n) is 7.71. The van der Waals surface area contributed by atoms with E-state index < -0.39 is 10.8 Å². The second-order valence-corrected chi connectivity index (χ2v) is 7.73. The molecular weight excluding hydrogens is 310 g/mol. The van der Waals surface area contributed by atoms with Gasteiger partial charge in [-0.3, -0.25) is 9.00 Å². The van der Waals surface area contributed by atoms with Gasteiger partial charge in [-0.1, -0.05) is 26.0 Å². The minimum absolute atomic E-state index is 0.0584. The molecule has 1 amide bonds. The van der Waals surface area contributed by atoms with Crippen LogP contribution in [-0.4, -0.2) is 19.9 Å². The zero-order chi connectivity index (χ0) is 16.7. The summed E-state index contributed by atoms with van der Waals surface area (Å²) in [5, 5.41) is 7.62. The summed E-state index contributed by atoms with van der Waals surface area (Å²) in [5.41, 5.74) is 4.96. The molecule has 1 aliphatic rings. The van der Waals surface area contributed by atoms with Crippen molar-refractivity contribution in [1.82, 2.24) is 9.78 Å². The van der Waals surface area contributed by atoms with Crippen LogP contribution in [0.5, 0.6) is 0 Å². The van der Waals surface area contributed by atoms with E-state index in [9.17, 15) is 9.00 Å². The van der Waals surface area contributed by atoms with Gasteiger partial charge in [0.1, 0.15) is 5.82 Å². The summed E-state index contributed by atoms with van der Waals surface area (Å²) in [4.78, 5) is 12.2. The average molecular weight is 331 g/mol. The van der Waals surface area contributed by atoms with Crippen molar-refractivity contribution < 1.29 is 9.00 Å². The molecule has 3 rings (SSSR count). The first-order valence-corrected chi connectivity index (χ1v) is 9.20. The smallest absolute Gasteiger partial charge is 0.228 e. The molecule has 1 aromatic heterocycles. The summed E-state index contributed by atoms with van der Waals surface area (Å²) in [6.07, 6.45) is 0. The topological polar surface area (TPSA) is 64.0 Å². The lowest BCUT2D eigenvalue weighted by atomic mass is 10.1. The third-order valence-electron chi connectivity index (χ3n) is 4.24. The van der Waals surface area contributed by atoms with Crippen LogP contribution in [0.4, 0.5) is 5.82 Å². The molecule has 0 bridgehead atoms. The van der Waals surface area contributed by atoms with Gasteiger partial charge in [-0.2, -0.15) is 5.10 Å². The van der Waals surface area contributed by atoms with Gasteiger partial charge in [-0.25, -0.2) is 4.68 Å². The van der Waals surface area contributed by atoms with Gasteiger partial charge in [0.25, 0.3) is 0 Å². The number of amides is 1. The van der Waals surface area contributed by atoms with Crippen LogP contribution < -0.4 is 5.32 Å². The highest BCUT2D eigenvalue weighted by atomic mass is 32.2. The van der Waals surface area contributed by atoms with Crippen molar-refractivity contribution in [1.29, 1.82) is 0 Å². The number of anilines is 1. The minimum atomic E-state index is -0.926. The summed E-state index contributed by atoms with van der Waals surface area (Å²) in [6, 6.07) is 6.03. The maximum Gasteiger partial charge on any atom is 0.228 e. The van der Waals surface area contributed by atoms with Gasteiger partial charge in [0.05, 0.1) is 22.9 Å². The molecule has 1 aromatic carbocycles. The Hall–Kier alpha value is -1.95. The van der Waals surface area contributed by atoms with E-state index in [1.54, 1.807) is 4.68 Å². The first kappa shape index (κ1) is 15.9. The fourth-order valence-corrected chi connectivity index (χ4v) is 3.92. The quantitative estimate of drug-likeness (QED) is 0.940. The zero-order valence-corrected chi connectivity index (χ0v) is 14.7. The number of aryl methyl sites for hydroxylation is 1. The highest BCUT2D eigenvalue weighted by molar-refractivity contribution is 7.83. The second kappa shape index (κ2) is 5.92. The Bertz CT molecular complexity index is 808. The van der Waals surface area contributed by atoms with Crippen LogP contribution >= 0.6 is 0 Å². The highest BCUT2D eigenvalue weighted by Gasteiger charge is 2.29. The number of aromatic nitrogens is 2. The molecule has 0 aliphatic carbocycles. The molecule has 1 N–H and O–H groups in total. The molecule has 0 unspecified atom stereocenters. The molecule has 0 fully saturated rings. The van der Waals surface area contributed by atoms with Crippen molar-refractivity contribution in [3.63, 3.8) is 0 Å². The van der Waals surface area contributed by atoms with E-state index in [0.29, 0.717) is 17.3 Å². The summed E-state index contributed by atoms with van der Waals surface area (Å²) in [6.45, 7) is 7.81. The average Bonchev–Trinajstić information content (AvgIpc) is 2.99. The van der Waals surface area contributed by atoms with Gasteiger partial charge in [-0.15, -0.1) is 0 Å². The van der Waals surface area contributed by atoms with Gasteiger partial charge in [-0.05, 0) is 31.0 Å². The van der Waals surface area contributed by atoms with Crippen LogP contribution in [0, 0.1) is 19.8 Å². The molecule has 1 aliphatic heterocycles. The zero-order valence-electron chi connectivity index (χ0n) is 13.8. The molecule has 0 spiro atoms. The predicted octanol–water partition coefficient (Wildman–Crippen LogP) is 2.85. The molecule has 0 saturated heterocycles. The van der Waals surface area contributed by atoms with Crippen molar-refractivity contribution in [2.24, 2.45) is 5.92 Å². The minimum Gasteiger partial charge on any atom is -0.310 e. The molecule has 6 heteroatoms. The molecule has 0 radical (unpaired) electrons. The van der Waals surface area contributed by atoms with Crippen molar-refractivity contribution in [2.75, 3.05) is 5.32 Å². The van der Waals surface area contributed by atoms with Crippen LogP contribution in [0.1, 0.15) is 36.2 Å². The van der Waals surface area contributed by atoms with Gasteiger partial charge >= 0.3 is 0 Å². The fourth-order valence-electron chi connectivity index (χ4n) is 2.66. The number of fused-ring (bicyclic) bond motifs is 1. The number of carbonyl (C=O) groups excluding carboxylic acids is 1. The normalized spacial score (nSPS) is 16.7. The van der Waals surface area contributed by atoms with E-state index >= 15 is 0 Å². The molecular formula is C17H21N3O2S. The van der Waals surface area contributed by atoms with E-state index in [-0.39, 0.29) is 11.8 Å². The maximum atomic E-state index is 12.2. The molecule has 5 nitrogen and oxygen atoms in total. The summed E-state index contributed by atoms with van der Waals surface area (Å²) in [7, 11) is -0.926. The van der Waals surface area contributed by atoms with Crippen molar-refractivity contribution in [3.05, 3.63) is 40.6 Å². The van der Waals surface area contributed by atoms with E-state index in [1.807, 2.05) is 32.9 Å². The van der Waals surface area contributed by atoms with Crippen LogP contribution in [0.25, 0.3) is 5.69 Å². The standard InChI is InChI=1S/C17H21N3O2S/c1-10(2)17(21)18-16-13-8-23(22)9-14(13)19-20(16)15-7-5-6-11(3)12(15)4/h5-7,10H,8-9H2,1-4H3,(H,18,21)/t23-/m0/s1. The number of nitrogens with one attached hydrogen (secondary N) is 1. The molecule has 23 heavy (non-hydrogen) atoms. The van der Waals surface area contributed by atoms with Gasteiger partial charge in [0, 0.05) is 22.3 Å². The number of hydrogen-bond acceptors (Lipinski definition) is 3. The third kappa shape index (κ3) is 2.83. The van der Waals surface area contributed by atoms with Gasteiger partial charge in [0.15, 0.2) is 0 Å². The Kier molecular flexibility index (Phi) is 4.10. The van der Waals surface area contributed by atoms with Crippen molar-refractivity contribution in [2.45, 2.75) is 39.2 Å². The molecule has 0 saturated carbocycles. The van der Waals surface area contributed by atoms with Crippen LogP contribution in [0.3, 0.4) is 0 Å². The van der Waals surface area contributed by atoms with Gasteiger partial charge < -0.3 is 5.32 Å². The molecule has 1 atom stereocenters. The van der Waals surface area contributed by atoms with Crippen LogP contribution in [0.15, 0.2) is 18.2 Å². The van der Waals surface area contributed by atoms with Gasteiger partial charge in [0.2, 0.25) is 5.91 Å². The second-order valence-electron chi connectivity index (χ2n) is 6.28. The summed E-state index contributed by atoms with van der Waals surface area (Å²) in [5.74, 6) is 1.39. The summed E-state index contributed by atoms with van der Waals surface area (Å²) < 4.78 is 13.6. The Morgan fingerprint density at radius 1 is 1.30 bits per heavy atom. The summed E-state index contributed by atoms with van der Waals surface area (Å²) >= 11 is 0. The first-order chi connectivity index (χ1) is 10.9. The van der Waals surface area contributed by atoms with E-state index in [0.717, 1.165) is 22.5 Å². The van der Waals surface area contributed by atoms with Crippen molar-refractivity contribution in [3.8, 4) is 5.69 Å². The number of nitrogens with zero attached hydrogens (tertiary/aromatic N) is 2.